The summed E-state index contributed by atoms with van der Waals surface area (Å²) < 4.78 is 28.5. The zero-order valence-corrected chi connectivity index (χ0v) is 18.1. The second-order valence-corrected chi connectivity index (χ2v) is 10.4. The molecule has 2 aliphatic carbocycles. The number of amides is 1. The highest BCUT2D eigenvalue weighted by Gasteiger charge is 2.40. The average Bonchev–Trinajstić information content (AvgIpc) is 3.27. The molecule has 2 fully saturated rings. The molecule has 2 aliphatic rings. The predicted molar refractivity (Wildman–Crippen MR) is 115 cm³/mol. The van der Waals surface area contributed by atoms with E-state index in [-0.39, 0.29) is 21.9 Å². The monoisotopic (exact) mass is 432 g/mol. The summed E-state index contributed by atoms with van der Waals surface area (Å²) in [5.41, 5.74) is 2.65. The molecule has 0 unspecified atom stereocenters. The van der Waals surface area contributed by atoms with Crippen molar-refractivity contribution >= 4 is 33.2 Å². The maximum Gasteiger partial charge on any atom is 0.263 e. The van der Waals surface area contributed by atoms with Gasteiger partial charge in [-0.3, -0.25) is 9.52 Å². The van der Waals surface area contributed by atoms with E-state index in [1.165, 1.54) is 25.0 Å². The molecule has 154 valence electrons. The van der Waals surface area contributed by atoms with E-state index in [1.54, 1.807) is 12.1 Å². The SMILES string of the molecule is Cc1ccc(NS(=O)(=O)c2cc(C(=O)N[C@@H]3C[C@@H]4CC[C@H]3C4)ccc2Cl)c(C)c1. The standard InChI is InChI=1S/C22H25ClN2O3S/c1-13-3-8-19(14(2)9-13)25-29(27,28)21-12-17(6-7-18(21)23)22(26)24-20-11-15-4-5-16(20)10-15/h3,6-9,12,15-16,20,25H,4-5,10-11H2,1-2H3,(H,24,26)/t15-,16+,20-/m1/s1. The summed E-state index contributed by atoms with van der Waals surface area (Å²) >= 11 is 6.19. The second-order valence-electron chi connectivity index (χ2n) is 8.32. The number of sulfonamides is 1. The van der Waals surface area contributed by atoms with E-state index in [1.807, 2.05) is 26.0 Å². The minimum absolute atomic E-state index is 0.0822. The van der Waals surface area contributed by atoms with E-state index in [4.69, 9.17) is 11.6 Å². The maximum atomic E-state index is 13.0. The molecule has 5 nitrogen and oxygen atoms in total. The van der Waals surface area contributed by atoms with Crippen molar-refractivity contribution in [2.24, 2.45) is 11.8 Å². The Morgan fingerprint density at radius 1 is 1.07 bits per heavy atom. The molecule has 29 heavy (non-hydrogen) atoms. The first kappa shape index (κ1) is 20.2. The largest absolute Gasteiger partial charge is 0.349 e. The molecule has 0 aliphatic heterocycles. The van der Waals surface area contributed by atoms with E-state index in [0.717, 1.165) is 24.0 Å². The van der Waals surface area contributed by atoms with Crippen LogP contribution in [0.5, 0.6) is 0 Å². The number of anilines is 1. The van der Waals surface area contributed by atoms with Gasteiger partial charge in [-0.05, 0) is 74.8 Å². The molecule has 1 amide bonds. The molecule has 2 saturated carbocycles. The van der Waals surface area contributed by atoms with Gasteiger partial charge < -0.3 is 5.32 Å². The minimum atomic E-state index is -3.93. The van der Waals surface area contributed by atoms with Gasteiger partial charge >= 0.3 is 0 Å². The van der Waals surface area contributed by atoms with Gasteiger partial charge in [0.25, 0.3) is 15.9 Å². The Hall–Kier alpha value is -2.05. The molecule has 4 rings (SSSR count). The number of halogens is 1. The van der Waals surface area contributed by atoms with Crippen LogP contribution in [-0.4, -0.2) is 20.4 Å². The van der Waals surface area contributed by atoms with E-state index in [0.29, 0.717) is 23.1 Å². The Bertz CT molecular complexity index is 1070. The molecule has 0 radical (unpaired) electrons. The third kappa shape index (κ3) is 4.14. The van der Waals surface area contributed by atoms with Gasteiger partial charge in [-0.25, -0.2) is 8.42 Å². The van der Waals surface area contributed by atoms with Gasteiger partial charge in [0.1, 0.15) is 4.90 Å². The lowest BCUT2D eigenvalue weighted by molar-refractivity contribution is 0.0922. The molecule has 0 aromatic heterocycles. The summed E-state index contributed by atoms with van der Waals surface area (Å²) in [6, 6.07) is 10.0. The highest BCUT2D eigenvalue weighted by molar-refractivity contribution is 7.92. The number of benzene rings is 2. The number of hydrogen-bond acceptors (Lipinski definition) is 3. The Labute approximate surface area is 176 Å². The van der Waals surface area contributed by atoms with Crippen LogP contribution in [0, 0.1) is 25.7 Å². The highest BCUT2D eigenvalue weighted by atomic mass is 35.5. The van der Waals surface area contributed by atoms with Crippen molar-refractivity contribution < 1.29 is 13.2 Å². The van der Waals surface area contributed by atoms with Crippen LogP contribution in [0.25, 0.3) is 0 Å². The Morgan fingerprint density at radius 3 is 2.52 bits per heavy atom. The van der Waals surface area contributed by atoms with Gasteiger partial charge in [-0.1, -0.05) is 35.7 Å². The summed E-state index contributed by atoms with van der Waals surface area (Å²) in [6.07, 6.45) is 4.62. The number of carbonyl (C=O) groups is 1. The first-order valence-electron chi connectivity index (χ1n) is 9.93. The van der Waals surface area contributed by atoms with Gasteiger partial charge in [0.05, 0.1) is 10.7 Å². The van der Waals surface area contributed by atoms with Crippen molar-refractivity contribution in [2.45, 2.75) is 50.5 Å². The summed E-state index contributed by atoms with van der Waals surface area (Å²) in [4.78, 5) is 12.7. The van der Waals surface area contributed by atoms with Crippen LogP contribution >= 0.6 is 11.6 Å². The van der Waals surface area contributed by atoms with Crippen LogP contribution in [-0.2, 0) is 10.0 Å². The van der Waals surface area contributed by atoms with Gasteiger partial charge in [-0.2, -0.15) is 0 Å². The summed E-state index contributed by atoms with van der Waals surface area (Å²) in [6.45, 7) is 3.78. The average molecular weight is 433 g/mol. The van der Waals surface area contributed by atoms with Crippen LogP contribution < -0.4 is 10.0 Å². The van der Waals surface area contributed by atoms with E-state index >= 15 is 0 Å². The Kier molecular flexibility index (Phi) is 5.34. The van der Waals surface area contributed by atoms with Gasteiger partial charge in [-0.15, -0.1) is 0 Å². The van der Waals surface area contributed by atoms with Gasteiger partial charge in [0.2, 0.25) is 0 Å². The van der Waals surface area contributed by atoms with Gasteiger partial charge in [0.15, 0.2) is 0 Å². The third-order valence-corrected chi connectivity index (χ3v) is 8.01. The molecule has 2 aromatic rings. The molecule has 7 heteroatoms. The highest BCUT2D eigenvalue weighted by Crippen LogP contribution is 2.44. The van der Waals surface area contributed by atoms with Crippen LogP contribution in [0.15, 0.2) is 41.3 Å². The number of fused-ring (bicyclic) bond motifs is 2. The van der Waals surface area contributed by atoms with Crippen LogP contribution in [0.4, 0.5) is 5.69 Å². The number of carbonyl (C=O) groups excluding carboxylic acids is 1. The minimum Gasteiger partial charge on any atom is -0.349 e. The zero-order valence-electron chi connectivity index (χ0n) is 16.5. The number of aryl methyl sites for hydroxylation is 2. The van der Waals surface area contributed by atoms with Crippen molar-refractivity contribution in [3.63, 3.8) is 0 Å². The topological polar surface area (TPSA) is 75.3 Å². The van der Waals surface area contributed by atoms with Crippen LogP contribution in [0.3, 0.4) is 0 Å². The lowest BCUT2D eigenvalue weighted by Gasteiger charge is -2.23. The molecular weight excluding hydrogens is 408 g/mol. The van der Waals surface area contributed by atoms with Crippen molar-refractivity contribution in [1.82, 2.24) is 5.32 Å². The predicted octanol–water partition coefficient (Wildman–Crippen LogP) is 4.68. The first-order valence-corrected chi connectivity index (χ1v) is 11.8. The number of nitrogens with one attached hydrogen (secondary N) is 2. The summed E-state index contributed by atoms with van der Waals surface area (Å²) in [5.74, 6) is 1.02. The van der Waals surface area contributed by atoms with Crippen LogP contribution in [0.2, 0.25) is 5.02 Å². The molecule has 2 bridgehead atoms. The van der Waals surface area contributed by atoms with Crippen molar-refractivity contribution in [1.29, 1.82) is 0 Å². The molecule has 2 N–H and O–H groups in total. The van der Waals surface area contributed by atoms with E-state index in [9.17, 15) is 13.2 Å². The Balaban J connectivity index is 1.56. The maximum absolute atomic E-state index is 13.0. The van der Waals surface area contributed by atoms with Crippen molar-refractivity contribution in [3.05, 3.63) is 58.1 Å². The third-order valence-electron chi connectivity index (χ3n) is 6.16. The van der Waals surface area contributed by atoms with E-state index in [2.05, 4.69) is 10.0 Å². The molecule has 3 atom stereocenters. The fourth-order valence-corrected chi connectivity index (χ4v) is 6.31. The van der Waals surface area contributed by atoms with Crippen molar-refractivity contribution in [2.75, 3.05) is 4.72 Å². The molecule has 0 spiro atoms. The molecule has 2 aromatic carbocycles. The number of rotatable bonds is 5. The lowest BCUT2D eigenvalue weighted by atomic mass is 9.95. The van der Waals surface area contributed by atoms with E-state index < -0.39 is 10.0 Å². The van der Waals surface area contributed by atoms with Crippen LogP contribution in [0.1, 0.15) is 47.2 Å². The smallest absolute Gasteiger partial charge is 0.263 e. The first-order chi connectivity index (χ1) is 13.7. The summed E-state index contributed by atoms with van der Waals surface area (Å²) in [7, 11) is -3.93. The Morgan fingerprint density at radius 2 is 1.86 bits per heavy atom. The summed E-state index contributed by atoms with van der Waals surface area (Å²) in [5, 5.41) is 3.17. The van der Waals surface area contributed by atoms with Crippen molar-refractivity contribution in [3.8, 4) is 0 Å². The molecule has 0 saturated heterocycles. The fraction of sp³-hybridized carbons (Fsp3) is 0.409. The molecule has 0 heterocycles. The fourth-order valence-electron chi connectivity index (χ4n) is 4.65. The molecular formula is C22H25ClN2O3S. The zero-order chi connectivity index (χ0) is 20.8. The lowest BCUT2D eigenvalue weighted by Crippen LogP contribution is -2.38. The van der Waals surface area contributed by atoms with Gasteiger partial charge in [0, 0.05) is 11.6 Å². The number of hydrogen-bond donors (Lipinski definition) is 2. The normalized spacial score (nSPS) is 23.2. The quantitative estimate of drug-likeness (QED) is 0.720. The second kappa shape index (κ2) is 7.65.